The Morgan fingerprint density at radius 3 is 2.23 bits per heavy atom. The summed E-state index contributed by atoms with van der Waals surface area (Å²) < 4.78 is 1.44. The van der Waals surface area contributed by atoms with E-state index in [1.807, 2.05) is 51.1 Å². The first-order valence-corrected chi connectivity index (χ1v) is 10.8. The van der Waals surface area contributed by atoms with E-state index >= 15 is 0 Å². The van der Waals surface area contributed by atoms with Crippen molar-refractivity contribution in [2.24, 2.45) is 0 Å². The van der Waals surface area contributed by atoms with E-state index in [0.29, 0.717) is 11.0 Å². The van der Waals surface area contributed by atoms with Crippen LogP contribution in [0.2, 0.25) is 0 Å². The van der Waals surface area contributed by atoms with Gasteiger partial charge in [-0.1, -0.05) is 75.0 Å². The smallest absolute Gasteiger partial charge is 0.237 e. The zero-order chi connectivity index (χ0) is 22.1. The van der Waals surface area contributed by atoms with Crippen molar-refractivity contribution >= 4 is 23.4 Å². The van der Waals surface area contributed by atoms with Crippen molar-refractivity contribution in [1.82, 2.24) is 14.9 Å². The SMILES string of the molecule is Cc1cccc(C)c1NC(=O)[C@@H](C)Sc1nnc(-c2ccc(C(C)(C)C)cc2)n1N. The van der Waals surface area contributed by atoms with Gasteiger partial charge >= 0.3 is 0 Å². The van der Waals surface area contributed by atoms with Gasteiger partial charge in [0.25, 0.3) is 0 Å². The molecule has 7 heteroatoms. The Labute approximate surface area is 182 Å². The number of para-hydroxylation sites is 1. The van der Waals surface area contributed by atoms with E-state index in [-0.39, 0.29) is 16.6 Å². The minimum absolute atomic E-state index is 0.0776. The molecule has 3 aromatic rings. The van der Waals surface area contributed by atoms with Crippen molar-refractivity contribution in [3.05, 3.63) is 59.2 Å². The molecule has 0 radical (unpaired) electrons. The molecule has 0 aliphatic rings. The van der Waals surface area contributed by atoms with Gasteiger partial charge in [-0.2, -0.15) is 0 Å². The van der Waals surface area contributed by atoms with E-state index in [0.717, 1.165) is 22.4 Å². The molecule has 0 bridgehead atoms. The molecule has 0 aliphatic heterocycles. The van der Waals surface area contributed by atoms with E-state index in [1.165, 1.54) is 22.0 Å². The quantitative estimate of drug-likeness (QED) is 0.459. The normalized spacial score (nSPS) is 12.6. The molecule has 1 heterocycles. The Morgan fingerprint density at radius 2 is 1.67 bits per heavy atom. The van der Waals surface area contributed by atoms with E-state index in [1.54, 1.807) is 0 Å². The molecular weight excluding hydrogens is 394 g/mol. The fraction of sp³-hybridized carbons (Fsp3) is 0.348. The standard InChI is InChI=1S/C23H29N5OS/c1-14-8-7-9-15(2)19(14)25-21(29)16(3)30-22-27-26-20(28(22)24)17-10-12-18(13-11-17)23(4,5)6/h7-13,16H,24H2,1-6H3,(H,25,29)/t16-/m1/s1. The van der Waals surface area contributed by atoms with Crippen LogP contribution in [0.3, 0.4) is 0 Å². The summed E-state index contributed by atoms with van der Waals surface area (Å²) in [6.45, 7) is 12.3. The summed E-state index contributed by atoms with van der Waals surface area (Å²) >= 11 is 1.28. The maximum absolute atomic E-state index is 12.7. The molecule has 6 nitrogen and oxygen atoms in total. The number of carbonyl (C=O) groups excluding carboxylic acids is 1. The first-order chi connectivity index (χ1) is 14.1. The van der Waals surface area contributed by atoms with Gasteiger partial charge in [0.1, 0.15) is 0 Å². The Hall–Kier alpha value is -2.80. The van der Waals surface area contributed by atoms with Crippen molar-refractivity contribution in [3.63, 3.8) is 0 Å². The summed E-state index contributed by atoms with van der Waals surface area (Å²) in [6.07, 6.45) is 0. The lowest BCUT2D eigenvalue weighted by atomic mass is 9.87. The number of rotatable bonds is 5. The predicted molar refractivity (Wildman–Crippen MR) is 124 cm³/mol. The number of nitrogen functional groups attached to an aromatic ring is 1. The summed E-state index contributed by atoms with van der Waals surface area (Å²) in [5.74, 6) is 6.72. The predicted octanol–water partition coefficient (Wildman–Crippen LogP) is 4.69. The van der Waals surface area contributed by atoms with Gasteiger partial charge in [0.2, 0.25) is 11.1 Å². The molecule has 158 valence electrons. The van der Waals surface area contributed by atoms with Crippen molar-refractivity contribution in [2.75, 3.05) is 11.2 Å². The number of benzene rings is 2. The molecule has 30 heavy (non-hydrogen) atoms. The Morgan fingerprint density at radius 1 is 1.07 bits per heavy atom. The van der Waals surface area contributed by atoms with Crippen LogP contribution in [0.1, 0.15) is 44.4 Å². The molecule has 1 amide bonds. The molecule has 1 aromatic heterocycles. The number of anilines is 1. The van der Waals surface area contributed by atoms with Crippen LogP contribution < -0.4 is 11.2 Å². The molecule has 0 saturated carbocycles. The number of thioether (sulfide) groups is 1. The van der Waals surface area contributed by atoms with Crippen LogP contribution in [0.4, 0.5) is 5.69 Å². The number of aromatic nitrogens is 3. The van der Waals surface area contributed by atoms with Crippen LogP contribution in [-0.2, 0) is 10.2 Å². The lowest BCUT2D eigenvalue weighted by Crippen LogP contribution is -2.24. The second kappa shape index (κ2) is 8.52. The van der Waals surface area contributed by atoms with Crippen LogP contribution >= 0.6 is 11.8 Å². The third kappa shape index (κ3) is 4.67. The fourth-order valence-electron chi connectivity index (χ4n) is 3.12. The van der Waals surface area contributed by atoms with Gasteiger partial charge in [0, 0.05) is 11.3 Å². The van der Waals surface area contributed by atoms with Crippen molar-refractivity contribution in [1.29, 1.82) is 0 Å². The summed E-state index contributed by atoms with van der Waals surface area (Å²) in [5.41, 5.74) is 5.11. The number of aryl methyl sites for hydroxylation is 2. The highest BCUT2D eigenvalue weighted by Crippen LogP contribution is 2.28. The number of nitrogens with one attached hydrogen (secondary N) is 1. The van der Waals surface area contributed by atoms with Crippen molar-refractivity contribution < 1.29 is 4.79 Å². The minimum atomic E-state index is -0.383. The molecule has 0 fully saturated rings. The highest BCUT2D eigenvalue weighted by molar-refractivity contribution is 8.00. The number of amides is 1. The summed E-state index contributed by atoms with van der Waals surface area (Å²) in [5, 5.41) is 11.6. The van der Waals surface area contributed by atoms with Crippen LogP contribution in [0, 0.1) is 13.8 Å². The number of carbonyl (C=O) groups is 1. The number of nitrogens with two attached hydrogens (primary N) is 1. The topological polar surface area (TPSA) is 85.8 Å². The van der Waals surface area contributed by atoms with Gasteiger partial charge in [-0.05, 0) is 42.9 Å². The van der Waals surface area contributed by atoms with E-state index in [9.17, 15) is 4.79 Å². The minimum Gasteiger partial charge on any atom is -0.335 e. The first-order valence-electron chi connectivity index (χ1n) is 9.93. The summed E-state index contributed by atoms with van der Waals surface area (Å²) in [7, 11) is 0. The Balaban J connectivity index is 1.73. The molecule has 3 rings (SSSR count). The molecule has 2 aromatic carbocycles. The van der Waals surface area contributed by atoms with E-state index in [2.05, 4.69) is 48.4 Å². The number of nitrogens with zero attached hydrogens (tertiary/aromatic N) is 3. The van der Waals surface area contributed by atoms with Gasteiger partial charge in [0.05, 0.1) is 5.25 Å². The third-order valence-corrected chi connectivity index (χ3v) is 6.11. The second-order valence-electron chi connectivity index (χ2n) is 8.52. The van der Waals surface area contributed by atoms with Gasteiger partial charge in [0.15, 0.2) is 5.82 Å². The zero-order valence-corrected chi connectivity index (χ0v) is 19.2. The van der Waals surface area contributed by atoms with Gasteiger partial charge in [-0.3, -0.25) is 4.79 Å². The number of hydrogen-bond donors (Lipinski definition) is 2. The highest BCUT2D eigenvalue weighted by Gasteiger charge is 2.21. The summed E-state index contributed by atoms with van der Waals surface area (Å²) in [6, 6.07) is 14.1. The van der Waals surface area contributed by atoms with Crippen LogP contribution in [0.5, 0.6) is 0 Å². The van der Waals surface area contributed by atoms with Crippen molar-refractivity contribution in [2.45, 2.75) is 57.4 Å². The monoisotopic (exact) mass is 423 g/mol. The van der Waals surface area contributed by atoms with Gasteiger partial charge in [-0.15, -0.1) is 10.2 Å². The van der Waals surface area contributed by atoms with Crippen LogP contribution in [-0.4, -0.2) is 26.0 Å². The molecule has 0 unspecified atom stereocenters. The third-order valence-electron chi connectivity index (χ3n) is 5.05. The Kier molecular flexibility index (Phi) is 6.22. The van der Waals surface area contributed by atoms with E-state index in [4.69, 9.17) is 5.84 Å². The van der Waals surface area contributed by atoms with Gasteiger partial charge in [-0.25, -0.2) is 4.68 Å². The maximum atomic E-state index is 12.7. The average molecular weight is 424 g/mol. The van der Waals surface area contributed by atoms with E-state index < -0.39 is 0 Å². The van der Waals surface area contributed by atoms with Crippen LogP contribution in [0.25, 0.3) is 11.4 Å². The first kappa shape index (κ1) is 21.9. The average Bonchev–Trinajstić information content (AvgIpc) is 3.04. The lowest BCUT2D eigenvalue weighted by Gasteiger charge is -2.19. The fourth-order valence-corrected chi connectivity index (χ4v) is 3.89. The molecule has 1 atom stereocenters. The molecule has 0 saturated heterocycles. The number of hydrogen-bond acceptors (Lipinski definition) is 5. The largest absolute Gasteiger partial charge is 0.335 e. The second-order valence-corrected chi connectivity index (χ2v) is 9.83. The van der Waals surface area contributed by atoms with Crippen LogP contribution in [0.15, 0.2) is 47.6 Å². The zero-order valence-electron chi connectivity index (χ0n) is 18.4. The maximum Gasteiger partial charge on any atom is 0.237 e. The Bertz CT molecular complexity index is 1030. The highest BCUT2D eigenvalue weighted by atomic mass is 32.2. The molecule has 0 spiro atoms. The van der Waals surface area contributed by atoms with Crippen molar-refractivity contribution in [3.8, 4) is 11.4 Å². The summed E-state index contributed by atoms with van der Waals surface area (Å²) in [4.78, 5) is 12.7. The molecule has 0 aliphatic carbocycles. The molecule has 3 N–H and O–H groups in total. The molecular formula is C23H29N5OS. The van der Waals surface area contributed by atoms with Gasteiger partial charge < -0.3 is 11.2 Å². The lowest BCUT2D eigenvalue weighted by molar-refractivity contribution is -0.115.